The Labute approximate surface area is 638 Å². The molecule has 4 heterocycles. The molecule has 17 atom stereocenters. The molecule has 0 saturated carbocycles. The fourth-order valence-electron chi connectivity index (χ4n) is 11.4. The molecule has 4 saturated heterocycles. The van der Waals surface area contributed by atoms with E-state index in [1.54, 1.807) is 14.2 Å². The van der Waals surface area contributed by atoms with Crippen molar-refractivity contribution in [2.75, 3.05) is 14.2 Å². The van der Waals surface area contributed by atoms with Gasteiger partial charge in [0, 0.05) is 38.6 Å². The first-order chi connectivity index (χ1) is 45.3. The maximum Gasteiger partial charge on any atom is 0.640 e. The molecule has 48 heteroatoms. The second kappa shape index (κ2) is 57.5. The second-order valence-electron chi connectivity index (χ2n) is 27.9. The zero-order valence-corrected chi connectivity index (χ0v) is 97.5. The van der Waals surface area contributed by atoms with Gasteiger partial charge >= 0.3 is 63.3 Å². The summed E-state index contributed by atoms with van der Waals surface area (Å²) in [6.07, 6.45) is 2.33. The van der Waals surface area contributed by atoms with Gasteiger partial charge in [0.05, 0.1) is 0 Å². The first-order valence-electron chi connectivity index (χ1n) is 37.0. The third kappa shape index (κ3) is 54.7. The highest BCUT2D eigenvalue weighted by molar-refractivity contribution is 6.89. The van der Waals surface area contributed by atoms with Gasteiger partial charge in [-0.15, -0.1) is 0 Å². The van der Waals surface area contributed by atoms with Crippen LogP contribution < -0.4 is 0 Å². The summed E-state index contributed by atoms with van der Waals surface area (Å²) in [6.45, 7) is 64.9. The molecule has 0 N–H and O–H groups in total. The molecule has 4 fully saturated rings. The summed E-state index contributed by atoms with van der Waals surface area (Å²) in [4.78, 5) is 0. The molecule has 0 aromatic heterocycles. The second-order valence-corrected chi connectivity index (χ2v) is 91.9. The number of rotatable bonds is 33. The van der Waals surface area contributed by atoms with Gasteiger partial charge in [-0.25, -0.2) is 0 Å². The van der Waals surface area contributed by atoms with Gasteiger partial charge in [0.1, 0.15) is 0 Å². The lowest BCUT2D eigenvalue weighted by Gasteiger charge is -2.41. The molecule has 23 nitrogen and oxygen atoms in total. The Balaban J connectivity index is 0. The zero-order valence-electron chi connectivity index (χ0n) is 67.8. The minimum Gasteiger partial charge on any atom is -0.460 e. The fraction of sp³-hybridized carbons (Fsp3) is 1.00. The molecule has 97 heavy (non-hydrogen) atoms. The molecule has 4 aliphatic rings. The molecule has 4 aliphatic heterocycles. The smallest absolute Gasteiger partial charge is 0.460 e. The minimum absolute atomic E-state index is 0.0756. The number of hydrogen-bond acceptors (Lipinski definition) is 23. The summed E-state index contributed by atoms with van der Waals surface area (Å²) < 4.78 is 146. The molecule has 0 aromatic rings. The van der Waals surface area contributed by atoms with E-state index in [1.807, 2.05) is 40.8 Å². The van der Waals surface area contributed by atoms with Crippen molar-refractivity contribution in [3.05, 3.63) is 0 Å². The van der Waals surface area contributed by atoms with Crippen molar-refractivity contribution in [2.24, 2.45) is 0 Å². The maximum atomic E-state index is 7.05. The van der Waals surface area contributed by atoms with Gasteiger partial charge < -0.3 is 96.5 Å². The van der Waals surface area contributed by atoms with Crippen molar-refractivity contribution in [3.63, 3.8) is 0 Å². The van der Waals surface area contributed by atoms with E-state index >= 15 is 0 Å². The van der Waals surface area contributed by atoms with Crippen molar-refractivity contribution in [1.82, 2.24) is 0 Å². The summed E-state index contributed by atoms with van der Waals surface area (Å²) >= 11 is 0. The Morgan fingerprint density at radius 2 is 0.794 bits per heavy atom. The Morgan fingerprint density at radius 1 is 0.381 bits per heavy atom. The first-order valence-corrected chi connectivity index (χ1v) is 90.0. The molecule has 0 aliphatic carbocycles. The van der Waals surface area contributed by atoms with Crippen LogP contribution in [0.1, 0.15) is 68.7 Å². The Kier molecular flexibility index (Phi) is 61.4. The van der Waals surface area contributed by atoms with E-state index < -0.39 is 211 Å². The van der Waals surface area contributed by atoms with Gasteiger partial charge in [-0.1, -0.05) is 60.7 Å². The van der Waals surface area contributed by atoms with Crippen molar-refractivity contribution in [1.29, 1.82) is 0 Å². The molecule has 586 valence electrons. The first kappa shape index (κ1) is 104. The SMILES string of the molecule is CC.CC.CCC[SiH]1CC(C)O[SiH](C)O[SiH](C)O1.CO[SiH2]C.CO[SiH2]C.C[SiH2]O[Si](O[SiH2]O[SiH2]O[Si](C)(C)CC[SiH]1C[SiH](C)O[SiH](C)CC(C)O1)(O[SiH2]O[SiH2]O[Si](C)(C)CC[SiH]1O[SiH](C)CC(C)O[SiH](C)O1)O[Si](C)(C)O[Si](C)(C)O[Si](C)(C)CC[SiH]1OC(C)C[SiH](C)O[SiH](C)O1. The van der Waals surface area contributed by atoms with Crippen LogP contribution in [0.4, 0.5) is 0 Å². The van der Waals surface area contributed by atoms with Crippen molar-refractivity contribution >= 4 is 230 Å². The van der Waals surface area contributed by atoms with E-state index in [4.69, 9.17) is 87.7 Å². The third-order valence-corrected chi connectivity index (χ3v) is 88.6. The summed E-state index contributed by atoms with van der Waals surface area (Å²) in [7, 11) is -36.3. The van der Waals surface area contributed by atoms with E-state index in [1.165, 1.54) is 24.2 Å². The van der Waals surface area contributed by atoms with Gasteiger partial charge in [-0.2, -0.15) is 0 Å². The standard InChI is InChI=1S/C33H102O18Si20.C8H22O3Si3.2C2H8OSi.2C2H6/c1-31-27-59(7)46-65(47-61(9)34-31)23-25-67(13,14)41-54-38-56-43-71(39-52-4,42-55-37-53-40-66(11,12)24-21-63-30-60(8)44-57(5)28-32(2)35-63)51-70(19,20)50-69(17,18)49-68(15,16)26-22-64-36-33(3)29-58(6)45-62(10)48-64;1-5-6-14-7-8(2)9-12(3)10-13(4)11-14;2*1-3-4-2;2*1-2/h31-33,57-65H,21-30,52-56H2,1-20H3;8,12-14H,5-7H2,1-4H3;2*4H2,1-2H3;2*1-2H3. The lowest BCUT2D eigenvalue weighted by molar-refractivity contribution is 0.134. The lowest BCUT2D eigenvalue weighted by atomic mass is 10.5. The van der Waals surface area contributed by atoms with Gasteiger partial charge in [0.15, 0.2) is 108 Å². The molecule has 4 rings (SSSR count). The predicted octanol–water partition coefficient (Wildman–Crippen LogP) is 4.75. The maximum absolute atomic E-state index is 7.05. The molecule has 0 aromatic carbocycles. The van der Waals surface area contributed by atoms with Gasteiger partial charge in [-0.05, 0) is 218 Å². The van der Waals surface area contributed by atoms with Gasteiger partial charge in [0.2, 0.25) is 0 Å². The highest BCUT2D eigenvalue weighted by Gasteiger charge is 2.53. The molecular weight excluding hydrogens is 1660 g/mol. The van der Waals surface area contributed by atoms with Crippen LogP contribution >= 0.6 is 0 Å². The molecule has 0 amide bonds. The van der Waals surface area contributed by atoms with Crippen LogP contribution in [0.15, 0.2) is 0 Å². The van der Waals surface area contributed by atoms with E-state index in [0.717, 1.165) is 54.4 Å². The van der Waals surface area contributed by atoms with Crippen LogP contribution in [0, 0.1) is 0 Å². The quantitative estimate of drug-likeness (QED) is 0.0641. The summed E-state index contributed by atoms with van der Waals surface area (Å²) in [6, 6.07) is 11.6. The lowest BCUT2D eigenvalue weighted by Crippen LogP contribution is -2.62. The minimum atomic E-state index is -3.75. The van der Waals surface area contributed by atoms with Gasteiger partial charge in [-0.3, -0.25) is 0 Å². The predicted molar refractivity (Wildman–Crippen MR) is 469 cm³/mol. The molecule has 0 spiro atoms. The van der Waals surface area contributed by atoms with E-state index in [2.05, 4.69) is 168 Å². The average Bonchev–Trinajstić information content (AvgIpc) is 0.814. The fourth-order valence-corrected chi connectivity index (χ4v) is 91.1. The third-order valence-electron chi connectivity index (χ3n) is 15.2. The Morgan fingerprint density at radius 3 is 1.31 bits per heavy atom. The van der Waals surface area contributed by atoms with Crippen LogP contribution in [0.5, 0.6) is 0 Å². The van der Waals surface area contributed by atoms with E-state index in [0.29, 0.717) is 12.2 Å². The Bertz CT molecular complexity index is 1770. The van der Waals surface area contributed by atoms with E-state index in [-0.39, 0.29) is 31.7 Å². The summed E-state index contributed by atoms with van der Waals surface area (Å²) in [5.74, 6) is 0. The summed E-state index contributed by atoms with van der Waals surface area (Å²) in [5.41, 5.74) is 1.21. The van der Waals surface area contributed by atoms with Crippen LogP contribution in [-0.2, 0) is 96.5 Å². The topological polar surface area (TPSA) is 212 Å². The number of hydrogen-bond donors (Lipinski definition) is 0. The Hall–Kier alpha value is 4.50. The van der Waals surface area contributed by atoms with Crippen molar-refractivity contribution < 1.29 is 96.5 Å². The molecule has 17 unspecified atom stereocenters. The molecule has 0 radical (unpaired) electrons. The average molecular weight is 1810 g/mol. The highest BCUT2D eigenvalue weighted by Crippen LogP contribution is 2.30. The molecular formula is C49H152O23Si25. The van der Waals surface area contributed by atoms with Crippen molar-refractivity contribution in [2.45, 2.75) is 303 Å². The largest absolute Gasteiger partial charge is 0.640 e. The summed E-state index contributed by atoms with van der Waals surface area (Å²) in [5, 5.41) is 0. The van der Waals surface area contributed by atoms with Crippen LogP contribution in [-0.4, -0.2) is 269 Å². The highest BCUT2D eigenvalue weighted by atomic mass is 28.5. The normalized spacial score (nSPS) is 30.4. The monoisotopic (exact) mass is 1810 g/mol. The molecule has 0 bridgehead atoms. The van der Waals surface area contributed by atoms with Crippen LogP contribution in [0.25, 0.3) is 0 Å². The van der Waals surface area contributed by atoms with Gasteiger partial charge in [0.25, 0.3) is 58.6 Å². The zero-order chi connectivity index (χ0) is 74.6. The van der Waals surface area contributed by atoms with E-state index in [9.17, 15) is 0 Å². The van der Waals surface area contributed by atoms with Crippen molar-refractivity contribution in [3.8, 4) is 0 Å². The van der Waals surface area contributed by atoms with Crippen LogP contribution in [0.3, 0.4) is 0 Å². The van der Waals surface area contributed by atoms with Crippen LogP contribution in [0.2, 0.25) is 210 Å².